The summed E-state index contributed by atoms with van der Waals surface area (Å²) in [4.78, 5) is 31.5. The van der Waals surface area contributed by atoms with Gasteiger partial charge >= 0.3 is 0 Å². The molecule has 0 radical (unpaired) electrons. The number of fused-ring (bicyclic) bond motifs is 1. The van der Waals surface area contributed by atoms with Gasteiger partial charge in [0.15, 0.2) is 0 Å². The van der Waals surface area contributed by atoms with Crippen molar-refractivity contribution < 1.29 is 19.6 Å². The van der Waals surface area contributed by atoms with E-state index in [1.807, 2.05) is 39.2 Å². The summed E-state index contributed by atoms with van der Waals surface area (Å²) in [6, 6.07) is 18.1. The highest BCUT2D eigenvalue weighted by molar-refractivity contribution is 5.97. The first kappa shape index (κ1) is 21.4. The minimum Gasteiger partial charge on any atom is -0.305 e. The monoisotopic (exact) mass is 407 g/mol. The molecule has 0 saturated heterocycles. The Morgan fingerprint density at radius 2 is 1.53 bits per heavy atom. The number of nitrogens with one attached hydrogen (secondary N) is 2. The SMILES string of the molecule is CC(ONC(=O)c1ccc(C(=O)NO)cc1)c1cccc2c(CN(C)C)cccc12. The second-order valence-corrected chi connectivity index (χ2v) is 7.31. The Labute approximate surface area is 175 Å². The number of amides is 2. The summed E-state index contributed by atoms with van der Waals surface area (Å²) in [5.74, 6) is -1.07. The average molecular weight is 407 g/mol. The number of hydroxylamine groups is 2. The number of nitrogens with zero attached hydrogens (tertiary/aromatic N) is 1. The van der Waals surface area contributed by atoms with Crippen LogP contribution in [-0.2, 0) is 11.4 Å². The lowest BCUT2D eigenvalue weighted by Gasteiger charge is -2.18. The van der Waals surface area contributed by atoms with Crippen LogP contribution in [0.4, 0.5) is 0 Å². The Morgan fingerprint density at radius 1 is 0.933 bits per heavy atom. The summed E-state index contributed by atoms with van der Waals surface area (Å²) >= 11 is 0. The molecule has 0 heterocycles. The van der Waals surface area contributed by atoms with Gasteiger partial charge in [-0.1, -0.05) is 36.4 Å². The van der Waals surface area contributed by atoms with Crippen molar-refractivity contribution in [3.63, 3.8) is 0 Å². The summed E-state index contributed by atoms with van der Waals surface area (Å²) in [6.07, 6.45) is -0.369. The maximum atomic E-state index is 12.4. The quantitative estimate of drug-likeness (QED) is 0.412. The molecular weight excluding hydrogens is 382 g/mol. The molecule has 3 rings (SSSR count). The zero-order valence-electron chi connectivity index (χ0n) is 17.2. The fourth-order valence-electron chi connectivity index (χ4n) is 3.33. The molecule has 30 heavy (non-hydrogen) atoms. The summed E-state index contributed by atoms with van der Waals surface area (Å²) in [5.41, 5.74) is 6.80. The van der Waals surface area contributed by atoms with Crippen LogP contribution in [0.2, 0.25) is 0 Å². The van der Waals surface area contributed by atoms with Gasteiger partial charge in [0.2, 0.25) is 0 Å². The van der Waals surface area contributed by atoms with E-state index in [0.29, 0.717) is 5.56 Å². The molecule has 2 amide bonds. The number of carbonyl (C=O) groups is 2. The third kappa shape index (κ3) is 4.83. The highest BCUT2D eigenvalue weighted by Crippen LogP contribution is 2.28. The van der Waals surface area contributed by atoms with Crippen molar-refractivity contribution in [1.29, 1.82) is 0 Å². The minimum absolute atomic E-state index is 0.243. The lowest BCUT2D eigenvalue weighted by atomic mass is 9.97. The van der Waals surface area contributed by atoms with Crippen molar-refractivity contribution in [2.75, 3.05) is 14.1 Å². The van der Waals surface area contributed by atoms with E-state index >= 15 is 0 Å². The topological polar surface area (TPSA) is 90.9 Å². The first-order valence-electron chi connectivity index (χ1n) is 9.56. The van der Waals surface area contributed by atoms with E-state index in [0.717, 1.165) is 22.9 Å². The van der Waals surface area contributed by atoms with Crippen molar-refractivity contribution in [1.82, 2.24) is 15.9 Å². The number of rotatable bonds is 7. The summed E-state index contributed by atoms with van der Waals surface area (Å²) in [7, 11) is 4.07. The van der Waals surface area contributed by atoms with Crippen LogP contribution in [0.5, 0.6) is 0 Å². The van der Waals surface area contributed by atoms with Gasteiger partial charge in [-0.05, 0) is 67.2 Å². The predicted molar refractivity (Wildman–Crippen MR) is 114 cm³/mol. The standard InChI is InChI=1S/C23H25N3O4/c1-15(30-25-23(28)17-12-10-16(11-13-17)22(27)24-29)19-7-5-8-20-18(14-26(2)3)6-4-9-21(19)20/h4-13,15,29H,14H2,1-3H3,(H,24,27)(H,25,28). The Hall–Kier alpha value is -3.26. The van der Waals surface area contributed by atoms with E-state index in [-0.39, 0.29) is 11.7 Å². The van der Waals surface area contributed by atoms with Crippen LogP contribution in [0.15, 0.2) is 60.7 Å². The zero-order valence-corrected chi connectivity index (χ0v) is 17.2. The first-order chi connectivity index (χ1) is 14.4. The van der Waals surface area contributed by atoms with Crippen LogP contribution in [0.25, 0.3) is 10.8 Å². The predicted octanol–water partition coefficient (Wildman–Crippen LogP) is 3.44. The summed E-state index contributed by atoms with van der Waals surface area (Å²) in [5, 5.41) is 10.9. The molecule has 0 fully saturated rings. The van der Waals surface area contributed by atoms with E-state index in [2.05, 4.69) is 28.6 Å². The molecule has 0 aliphatic carbocycles. The normalized spacial score (nSPS) is 12.0. The molecule has 1 atom stereocenters. The van der Waals surface area contributed by atoms with Crippen molar-refractivity contribution in [3.05, 3.63) is 82.9 Å². The van der Waals surface area contributed by atoms with Crippen LogP contribution in [0, 0.1) is 0 Å². The highest BCUT2D eigenvalue weighted by Gasteiger charge is 2.15. The molecule has 0 bridgehead atoms. The third-order valence-corrected chi connectivity index (χ3v) is 4.81. The third-order valence-electron chi connectivity index (χ3n) is 4.81. The molecule has 3 N–H and O–H groups in total. The Morgan fingerprint density at radius 3 is 2.17 bits per heavy atom. The van der Waals surface area contributed by atoms with Crippen LogP contribution in [0.3, 0.4) is 0 Å². The fraction of sp³-hybridized carbons (Fsp3) is 0.217. The van der Waals surface area contributed by atoms with Gasteiger partial charge in [0.1, 0.15) is 6.10 Å². The van der Waals surface area contributed by atoms with Crippen molar-refractivity contribution in [3.8, 4) is 0 Å². The maximum Gasteiger partial charge on any atom is 0.274 e. The van der Waals surface area contributed by atoms with Gasteiger partial charge in [-0.15, -0.1) is 0 Å². The molecule has 3 aromatic rings. The van der Waals surface area contributed by atoms with Gasteiger partial charge in [-0.2, -0.15) is 0 Å². The van der Waals surface area contributed by atoms with Crippen LogP contribution >= 0.6 is 0 Å². The van der Waals surface area contributed by atoms with Gasteiger partial charge in [0.25, 0.3) is 11.8 Å². The van der Waals surface area contributed by atoms with E-state index < -0.39 is 11.8 Å². The maximum absolute atomic E-state index is 12.4. The van der Waals surface area contributed by atoms with Crippen molar-refractivity contribution in [2.45, 2.75) is 19.6 Å². The van der Waals surface area contributed by atoms with E-state index in [1.165, 1.54) is 29.8 Å². The fourth-order valence-corrected chi connectivity index (χ4v) is 3.33. The highest BCUT2D eigenvalue weighted by atomic mass is 16.7. The van der Waals surface area contributed by atoms with Gasteiger partial charge < -0.3 is 4.90 Å². The zero-order chi connectivity index (χ0) is 21.7. The number of carbonyl (C=O) groups excluding carboxylic acids is 2. The van der Waals surface area contributed by atoms with E-state index in [4.69, 9.17) is 10.0 Å². The molecule has 7 heteroatoms. The lowest BCUT2D eigenvalue weighted by molar-refractivity contribution is -0.00831. The van der Waals surface area contributed by atoms with Crippen molar-refractivity contribution in [2.24, 2.45) is 0 Å². The smallest absolute Gasteiger partial charge is 0.274 e. The van der Waals surface area contributed by atoms with Gasteiger partial charge in [0, 0.05) is 17.7 Å². The van der Waals surface area contributed by atoms with Gasteiger partial charge in [-0.25, -0.2) is 11.0 Å². The molecule has 0 aliphatic rings. The van der Waals surface area contributed by atoms with E-state index in [9.17, 15) is 9.59 Å². The van der Waals surface area contributed by atoms with Crippen LogP contribution < -0.4 is 11.0 Å². The molecule has 0 aromatic heterocycles. The molecule has 1 unspecified atom stereocenters. The number of hydrogen-bond donors (Lipinski definition) is 3. The van der Waals surface area contributed by atoms with E-state index in [1.54, 1.807) is 5.48 Å². The molecular formula is C23H25N3O4. The summed E-state index contributed by atoms with van der Waals surface area (Å²) in [6.45, 7) is 2.71. The second-order valence-electron chi connectivity index (χ2n) is 7.31. The Bertz CT molecular complexity index is 1050. The molecule has 3 aromatic carbocycles. The number of hydrogen-bond acceptors (Lipinski definition) is 5. The average Bonchev–Trinajstić information content (AvgIpc) is 2.76. The molecule has 156 valence electrons. The molecule has 0 saturated carbocycles. The second kappa shape index (κ2) is 9.49. The number of benzene rings is 3. The first-order valence-corrected chi connectivity index (χ1v) is 9.56. The van der Waals surface area contributed by atoms with Crippen molar-refractivity contribution >= 4 is 22.6 Å². The molecule has 0 spiro atoms. The summed E-state index contributed by atoms with van der Waals surface area (Å²) < 4.78 is 0. The van der Waals surface area contributed by atoms with Gasteiger partial charge in [-0.3, -0.25) is 19.6 Å². The Kier molecular flexibility index (Phi) is 6.79. The van der Waals surface area contributed by atoms with Gasteiger partial charge in [0.05, 0.1) is 0 Å². The van der Waals surface area contributed by atoms with Crippen LogP contribution in [0.1, 0.15) is 44.9 Å². The van der Waals surface area contributed by atoms with Crippen LogP contribution in [-0.4, -0.2) is 36.0 Å². The lowest BCUT2D eigenvalue weighted by Crippen LogP contribution is -2.25. The largest absolute Gasteiger partial charge is 0.305 e. The molecule has 0 aliphatic heterocycles. The Balaban J connectivity index is 1.73. The minimum atomic E-state index is -0.642. The molecule has 7 nitrogen and oxygen atoms in total.